The molecular formula is C19H24Cl2O2S. The SMILES string of the molecule is CCCCCCC#CC(CC(=O)OCC)Sc1ccc(Cl)c(Cl)c1. The van der Waals surface area contributed by atoms with Crippen LogP contribution < -0.4 is 0 Å². The van der Waals surface area contributed by atoms with Gasteiger partial charge in [0.1, 0.15) is 0 Å². The summed E-state index contributed by atoms with van der Waals surface area (Å²) in [6, 6.07) is 5.45. The summed E-state index contributed by atoms with van der Waals surface area (Å²) in [7, 11) is 0. The first-order valence-electron chi connectivity index (χ1n) is 8.32. The number of unbranched alkanes of at least 4 members (excludes halogenated alkanes) is 4. The third-order valence-corrected chi connectivity index (χ3v) is 5.08. The summed E-state index contributed by atoms with van der Waals surface area (Å²) in [5.41, 5.74) is 0. The average molecular weight is 387 g/mol. The maximum absolute atomic E-state index is 11.8. The third-order valence-electron chi connectivity index (χ3n) is 3.25. The molecular weight excluding hydrogens is 363 g/mol. The summed E-state index contributed by atoms with van der Waals surface area (Å²) in [6.07, 6.45) is 5.89. The van der Waals surface area contributed by atoms with Crippen molar-refractivity contribution >= 4 is 40.9 Å². The van der Waals surface area contributed by atoms with Crippen LogP contribution >= 0.6 is 35.0 Å². The fraction of sp³-hybridized carbons (Fsp3) is 0.526. The van der Waals surface area contributed by atoms with Crippen LogP contribution in [-0.4, -0.2) is 17.8 Å². The number of benzene rings is 1. The molecule has 132 valence electrons. The highest BCUT2D eigenvalue weighted by Crippen LogP contribution is 2.31. The molecule has 0 aromatic heterocycles. The highest BCUT2D eigenvalue weighted by molar-refractivity contribution is 8.00. The summed E-state index contributed by atoms with van der Waals surface area (Å²) in [4.78, 5) is 12.7. The van der Waals surface area contributed by atoms with Gasteiger partial charge in [-0.3, -0.25) is 4.79 Å². The van der Waals surface area contributed by atoms with Gasteiger partial charge in [-0.15, -0.1) is 17.7 Å². The normalized spacial score (nSPS) is 11.5. The van der Waals surface area contributed by atoms with Gasteiger partial charge < -0.3 is 4.74 Å². The quantitative estimate of drug-likeness (QED) is 0.213. The van der Waals surface area contributed by atoms with E-state index < -0.39 is 0 Å². The molecule has 0 bridgehead atoms. The van der Waals surface area contributed by atoms with Crippen LogP contribution in [0.3, 0.4) is 0 Å². The van der Waals surface area contributed by atoms with Crippen molar-refractivity contribution < 1.29 is 9.53 Å². The summed E-state index contributed by atoms with van der Waals surface area (Å²) < 4.78 is 5.05. The average Bonchev–Trinajstić information content (AvgIpc) is 2.54. The number of rotatable bonds is 9. The Bertz CT molecular complexity index is 578. The van der Waals surface area contributed by atoms with E-state index in [0.29, 0.717) is 16.7 Å². The lowest BCUT2D eigenvalue weighted by Crippen LogP contribution is -2.12. The standard InChI is InChI=1S/C19H24Cl2O2S/c1-3-5-6-7-8-9-10-15(14-19(22)23-4-2)24-16-11-12-17(20)18(21)13-16/h11-13,15H,3-8,14H2,1-2H3. The number of carbonyl (C=O) groups is 1. The van der Waals surface area contributed by atoms with Gasteiger partial charge in [-0.1, -0.05) is 55.3 Å². The summed E-state index contributed by atoms with van der Waals surface area (Å²) in [6.45, 7) is 4.38. The van der Waals surface area contributed by atoms with Crippen LogP contribution in [0, 0.1) is 11.8 Å². The Balaban J connectivity index is 2.67. The van der Waals surface area contributed by atoms with Crippen LogP contribution in [0.15, 0.2) is 23.1 Å². The highest BCUT2D eigenvalue weighted by atomic mass is 35.5. The van der Waals surface area contributed by atoms with Gasteiger partial charge in [0, 0.05) is 11.3 Å². The van der Waals surface area contributed by atoms with Crippen molar-refractivity contribution in [3.8, 4) is 11.8 Å². The number of thioether (sulfide) groups is 1. The molecule has 0 amide bonds. The second-order valence-corrected chi connectivity index (χ2v) is 7.41. The van der Waals surface area contributed by atoms with Gasteiger partial charge in [0.15, 0.2) is 0 Å². The first-order valence-corrected chi connectivity index (χ1v) is 9.96. The molecule has 0 heterocycles. The van der Waals surface area contributed by atoms with E-state index in [4.69, 9.17) is 27.9 Å². The zero-order chi connectivity index (χ0) is 17.8. The molecule has 1 aromatic carbocycles. The fourth-order valence-corrected chi connectivity index (χ4v) is 3.42. The van der Waals surface area contributed by atoms with Crippen molar-refractivity contribution in [2.45, 2.75) is 62.5 Å². The van der Waals surface area contributed by atoms with E-state index in [9.17, 15) is 4.79 Å². The number of ether oxygens (including phenoxy) is 1. The molecule has 1 unspecified atom stereocenters. The van der Waals surface area contributed by atoms with Gasteiger partial charge in [-0.25, -0.2) is 0 Å². The van der Waals surface area contributed by atoms with E-state index >= 15 is 0 Å². The highest BCUT2D eigenvalue weighted by Gasteiger charge is 2.14. The van der Waals surface area contributed by atoms with Crippen molar-refractivity contribution in [2.75, 3.05) is 6.61 Å². The largest absolute Gasteiger partial charge is 0.466 e. The van der Waals surface area contributed by atoms with Crippen molar-refractivity contribution in [3.63, 3.8) is 0 Å². The lowest BCUT2D eigenvalue weighted by molar-refractivity contribution is -0.142. The molecule has 0 radical (unpaired) electrons. The lowest BCUT2D eigenvalue weighted by Gasteiger charge is -2.10. The van der Waals surface area contributed by atoms with Crippen LogP contribution in [-0.2, 0) is 9.53 Å². The van der Waals surface area contributed by atoms with E-state index in [0.717, 1.165) is 17.7 Å². The van der Waals surface area contributed by atoms with Crippen LogP contribution in [0.5, 0.6) is 0 Å². The summed E-state index contributed by atoms with van der Waals surface area (Å²) >= 11 is 13.5. The monoisotopic (exact) mass is 386 g/mol. The molecule has 0 N–H and O–H groups in total. The number of esters is 1. The molecule has 1 rings (SSSR count). The lowest BCUT2D eigenvalue weighted by atomic mass is 10.1. The Kier molecular flexibility index (Phi) is 11.1. The Morgan fingerprint density at radius 1 is 1.21 bits per heavy atom. The van der Waals surface area contributed by atoms with Gasteiger partial charge in [-0.2, -0.15) is 0 Å². The predicted molar refractivity (Wildman–Crippen MR) is 104 cm³/mol. The minimum absolute atomic E-state index is 0.146. The van der Waals surface area contributed by atoms with Gasteiger partial charge in [0.2, 0.25) is 0 Å². The minimum atomic E-state index is -0.227. The van der Waals surface area contributed by atoms with E-state index in [-0.39, 0.29) is 17.6 Å². The van der Waals surface area contributed by atoms with Gasteiger partial charge >= 0.3 is 5.97 Å². The zero-order valence-corrected chi connectivity index (χ0v) is 16.6. The Morgan fingerprint density at radius 3 is 2.67 bits per heavy atom. The number of halogens is 2. The Morgan fingerprint density at radius 2 is 2.00 bits per heavy atom. The Labute approximate surface area is 159 Å². The molecule has 5 heteroatoms. The van der Waals surface area contributed by atoms with Gasteiger partial charge in [-0.05, 0) is 31.5 Å². The predicted octanol–water partition coefficient (Wildman–Crippen LogP) is 6.38. The second-order valence-electron chi connectivity index (χ2n) is 5.32. The maximum atomic E-state index is 11.8. The topological polar surface area (TPSA) is 26.3 Å². The molecule has 0 aliphatic heterocycles. The molecule has 0 spiro atoms. The molecule has 1 aromatic rings. The van der Waals surface area contributed by atoms with Crippen molar-refractivity contribution in [1.82, 2.24) is 0 Å². The number of hydrogen-bond acceptors (Lipinski definition) is 3. The van der Waals surface area contributed by atoms with Crippen molar-refractivity contribution in [3.05, 3.63) is 28.2 Å². The van der Waals surface area contributed by atoms with Crippen LogP contribution in [0.4, 0.5) is 0 Å². The van der Waals surface area contributed by atoms with Crippen molar-refractivity contribution in [1.29, 1.82) is 0 Å². The molecule has 0 saturated heterocycles. The minimum Gasteiger partial charge on any atom is -0.466 e. The zero-order valence-electron chi connectivity index (χ0n) is 14.2. The van der Waals surface area contributed by atoms with Crippen LogP contribution in [0.2, 0.25) is 10.0 Å². The van der Waals surface area contributed by atoms with Crippen molar-refractivity contribution in [2.24, 2.45) is 0 Å². The van der Waals surface area contributed by atoms with E-state index in [1.807, 2.05) is 6.07 Å². The second kappa shape index (κ2) is 12.5. The molecule has 24 heavy (non-hydrogen) atoms. The van der Waals surface area contributed by atoms with Crippen LogP contribution in [0.25, 0.3) is 0 Å². The van der Waals surface area contributed by atoms with Crippen LogP contribution in [0.1, 0.15) is 52.4 Å². The summed E-state index contributed by atoms with van der Waals surface area (Å²) in [5.74, 6) is 6.18. The van der Waals surface area contributed by atoms with E-state index in [1.165, 1.54) is 31.0 Å². The first kappa shape index (κ1) is 21.2. The van der Waals surface area contributed by atoms with E-state index in [2.05, 4.69) is 18.8 Å². The Hall–Kier alpha value is -0.820. The third kappa shape index (κ3) is 8.87. The maximum Gasteiger partial charge on any atom is 0.307 e. The smallest absolute Gasteiger partial charge is 0.307 e. The molecule has 0 fully saturated rings. The molecule has 1 atom stereocenters. The summed E-state index contributed by atoms with van der Waals surface area (Å²) in [5, 5.41) is 0.876. The number of carbonyl (C=O) groups excluding carboxylic acids is 1. The molecule has 0 aliphatic carbocycles. The molecule has 0 aliphatic rings. The fourth-order valence-electron chi connectivity index (χ4n) is 2.03. The van der Waals surface area contributed by atoms with Gasteiger partial charge in [0.25, 0.3) is 0 Å². The first-order chi connectivity index (χ1) is 11.6. The molecule has 0 saturated carbocycles. The van der Waals surface area contributed by atoms with Gasteiger partial charge in [0.05, 0.1) is 28.3 Å². The van der Waals surface area contributed by atoms with E-state index in [1.54, 1.807) is 19.1 Å². The number of hydrogen-bond donors (Lipinski definition) is 0. The molecule has 2 nitrogen and oxygen atoms in total.